The Morgan fingerprint density at radius 2 is 1.91 bits per heavy atom. The first-order valence-corrected chi connectivity index (χ1v) is 11.6. The van der Waals surface area contributed by atoms with Crippen LogP contribution in [0.2, 0.25) is 0 Å². The maximum Gasteiger partial charge on any atom is 0.241 e. The van der Waals surface area contributed by atoms with Gasteiger partial charge in [-0.25, -0.2) is 0 Å². The molecule has 184 valence electrons. The van der Waals surface area contributed by atoms with Gasteiger partial charge in [0.25, 0.3) is 0 Å². The van der Waals surface area contributed by atoms with Crippen molar-refractivity contribution in [3.05, 3.63) is 42.3 Å². The van der Waals surface area contributed by atoms with Gasteiger partial charge < -0.3 is 28.8 Å². The van der Waals surface area contributed by atoms with Gasteiger partial charge in [0.1, 0.15) is 13.2 Å². The summed E-state index contributed by atoms with van der Waals surface area (Å²) in [5.41, 5.74) is 1.47. The second-order valence-corrected chi connectivity index (χ2v) is 8.50. The number of aromatic nitrogens is 2. The molecular weight excluding hydrogens is 452 g/mol. The second-order valence-electron chi connectivity index (χ2n) is 8.50. The normalized spacial score (nSPS) is 17.6. The lowest BCUT2D eigenvalue weighted by Gasteiger charge is -2.31. The smallest absolute Gasteiger partial charge is 0.241 e. The number of methoxy groups -OCH3 is 2. The van der Waals surface area contributed by atoms with Crippen LogP contribution in [0.3, 0.4) is 0 Å². The summed E-state index contributed by atoms with van der Waals surface area (Å²) in [7, 11) is 3.17. The van der Waals surface area contributed by atoms with Gasteiger partial charge in [0.2, 0.25) is 17.6 Å². The Labute approximate surface area is 203 Å². The van der Waals surface area contributed by atoms with E-state index in [2.05, 4.69) is 20.4 Å². The number of nitrogens with zero attached hydrogens (tertiary/aromatic N) is 3. The molecule has 0 unspecified atom stereocenters. The van der Waals surface area contributed by atoms with Crippen molar-refractivity contribution in [2.45, 2.75) is 19.4 Å². The van der Waals surface area contributed by atoms with Crippen molar-refractivity contribution < 1.29 is 28.3 Å². The fraction of sp³-hybridized carbons (Fsp3) is 0.400. The van der Waals surface area contributed by atoms with E-state index in [4.69, 9.17) is 23.5 Å². The zero-order valence-corrected chi connectivity index (χ0v) is 19.8. The van der Waals surface area contributed by atoms with Gasteiger partial charge in [0.15, 0.2) is 23.0 Å². The maximum absolute atomic E-state index is 13.0. The van der Waals surface area contributed by atoms with Gasteiger partial charge in [-0.1, -0.05) is 5.16 Å². The average Bonchev–Trinajstić information content (AvgIpc) is 3.36. The van der Waals surface area contributed by atoms with Crippen molar-refractivity contribution >= 4 is 11.6 Å². The summed E-state index contributed by atoms with van der Waals surface area (Å²) in [5.74, 6) is 3.42. The summed E-state index contributed by atoms with van der Waals surface area (Å²) in [6.45, 7) is 3.00. The molecule has 1 atom stereocenters. The molecule has 1 amide bonds. The Morgan fingerprint density at radius 3 is 2.74 bits per heavy atom. The van der Waals surface area contributed by atoms with Crippen LogP contribution in [0.25, 0.3) is 11.4 Å². The van der Waals surface area contributed by atoms with E-state index < -0.39 is 0 Å². The number of rotatable bonds is 7. The van der Waals surface area contributed by atoms with E-state index in [0.29, 0.717) is 66.7 Å². The maximum atomic E-state index is 13.0. The molecular formula is C25H28N4O6. The van der Waals surface area contributed by atoms with E-state index in [0.717, 1.165) is 24.9 Å². The lowest BCUT2D eigenvalue weighted by Crippen LogP contribution is -2.40. The molecule has 0 saturated carbocycles. The predicted molar refractivity (Wildman–Crippen MR) is 127 cm³/mol. The van der Waals surface area contributed by atoms with Gasteiger partial charge in [0, 0.05) is 23.9 Å². The highest BCUT2D eigenvalue weighted by Gasteiger charge is 2.27. The van der Waals surface area contributed by atoms with E-state index in [9.17, 15) is 4.79 Å². The van der Waals surface area contributed by atoms with Crippen LogP contribution in [-0.4, -0.2) is 61.5 Å². The molecule has 2 aliphatic rings. The number of carbonyl (C=O) groups is 1. The Morgan fingerprint density at radius 1 is 1.09 bits per heavy atom. The molecule has 1 fully saturated rings. The number of fused-ring (bicyclic) bond motifs is 1. The highest BCUT2D eigenvalue weighted by molar-refractivity contribution is 5.93. The van der Waals surface area contributed by atoms with Crippen LogP contribution in [0, 0.1) is 5.92 Å². The standard InChI is InChI=1S/C25H28N4O6/c1-31-19-7-5-16(12-21(19)32-2)24-27-23(35-28-24)15-29-9-3-4-17(14-29)25(30)26-18-6-8-20-22(13-18)34-11-10-33-20/h5-8,12-13,17H,3-4,9-11,14-15H2,1-2H3,(H,26,30)/t17-/m0/s1. The van der Waals surface area contributed by atoms with Gasteiger partial charge in [-0.3, -0.25) is 9.69 Å². The molecule has 0 aliphatic carbocycles. The van der Waals surface area contributed by atoms with Crippen LogP contribution in [0.5, 0.6) is 23.0 Å². The number of carbonyl (C=O) groups excluding carboxylic acids is 1. The highest BCUT2D eigenvalue weighted by atomic mass is 16.6. The summed E-state index contributed by atoms with van der Waals surface area (Å²) in [6.07, 6.45) is 1.74. The molecule has 1 aromatic heterocycles. The number of anilines is 1. The molecule has 3 heterocycles. The van der Waals surface area contributed by atoms with Gasteiger partial charge in [-0.05, 0) is 49.7 Å². The molecule has 10 nitrogen and oxygen atoms in total. The summed E-state index contributed by atoms with van der Waals surface area (Å²) in [5, 5.41) is 7.13. The van der Waals surface area contributed by atoms with E-state index in [1.54, 1.807) is 26.4 Å². The number of piperidine rings is 1. The van der Waals surface area contributed by atoms with Crippen LogP contribution in [0.4, 0.5) is 5.69 Å². The first-order valence-electron chi connectivity index (χ1n) is 11.6. The molecule has 35 heavy (non-hydrogen) atoms. The molecule has 3 aromatic rings. The molecule has 2 aromatic carbocycles. The first-order chi connectivity index (χ1) is 17.1. The van der Waals surface area contributed by atoms with Gasteiger partial charge in [0.05, 0.1) is 26.7 Å². The third-order valence-corrected chi connectivity index (χ3v) is 6.15. The molecule has 2 aliphatic heterocycles. The summed E-state index contributed by atoms with van der Waals surface area (Å²) in [6, 6.07) is 10.9. The molecule has 1 saturated heterocycles. The Balaban J connectivity index is 1.20. The number of amides is 1. The fourth-order valence-electron chi connectivity index (χ4n) is 4.38. The quantitative estimate of drug-likeness (QED) is 0.544. The minimum absolute atomic E-state index is 0.0112. The van der Waals surface area contributed by atoms with E-state index in [1.165, 1.54) is 0 Å². The van der Waals surface area contributed by atoms with E-state index >= 15 is 0 Å². The summed E-state index contributed by atoms with van der Waals surface area (Å²) < 4.78 is 27.3. The summed E-state index contributed by atoms with van der Waals surface area (Å²) >= 11 is 0. The van der Waals surface area contributed by atoms with Gasteiger partial charge in [-0.15, -0.1) is 0 Å². The minimum Gasteiger partial charge on any atom is -0.493 e. The van der Waals surface area contributed by atoms with Crippen molar-refractivity contribution in [3.63, 3.8) is 0 Å². The minimum atomic E-state index is -0.134. The number of nitrogens with one attached hydrogen (secondary N) is 1. The Kier molecular flexibility index (Phi) is 6.71. The van der Waals surface area contributed by atoms with E-state index in [-0.39, 0.29) is 11.8 Å². The van der Waals surface area contributed by atoms with E-state index in [1.807, 2.05) is 24.3 Å². The third kappa shape index (κ3) is 5.17. The van der Waals surface area contributed by atoms with Crippen LogP contribution in [0.15, 0.2) is 40.9 Å². The van der Waals surface area contributed by atoms with Gasteiger partial charge in [-0.2, -0.15) is 4.98 Å². The lowest BCUT2D eigenvalue weighted by atomic mass is 9.97. The summed E-state index contributed by atoms with van der Waals surface area (Å²) in [4.78, 5) is 19.7. The number of hydrogen-bond acceptors (Lipinski definition) is 9. The second kappa shape index (κ2) is 10.2. The van der Waals surface area contributed by atoms with Crippen molar-refractivity contribution in [3.8, 4) is 34.4 Å². The monoisotopic (exact) mass is 480 g/mol. The third-order valence-electron chi connectivity index (χ3n) is 6.15. The van der Waals surface area contributed by atoms with Crippen molar-refractivity contribution in [2.24, 2.45) is 5.92 Å². The Bertz CT molecular complexity index is 1200. The van der Waals surface area contributed by atoms with Crippen molar-refractivity contribution in [1.82, 2.24) is 15.0 Å². The van der Waals surface area contributed by atoms with Crippen molar-refractivity contribution in [2.75, 3.05) is 45.8 Å². The largest absolute Gasteiger partial charge is 0.493 e. The molecule has 10 heteroatoms. The SMILES string of the molecule is COc1ccc(-c2noc(CN3CCC[C@H](C(=O)Nc4ccc5c(c4)OCCO5)C3)n2)cc1OC. The topological polar surface area (TPSA) is 108 Å². The predicted octanol–water partition coefficient (Wildman–Crippen LogP) is 3.38. The number of benzene rings is 2. The highest BCUT2D eigenvalue weighted by Crippen LogP contribution is 2.33. The van der Waals surface area contributed by atoms with Crippen LogP contribution >= 0.6 is 0 Å². The molecule has 0 spiro atoms. The zero-order chi connectivity index (χ0) is 24.2. The molecule has 0 bridgehead atoms. The molecule has 0 radical (unpaired) electrons. The molecule has 5 rings (SSSR count). The number of hydrogen-bond donors (Lipinski definition) is 1. The number of ether oxygens (including phenoxy) is 4. The van der Waals surface area contributed by atoms with Crippen LogP contribution < -0.4 is 24.3 Å². The van der Waals surface area contributed by atoms with Crippen molar-refractivity contribution in [1.29, 1.82) is 0 Å². The lowest BCUT2D eigenvalue weighted by molar-refractivity contribution is -0.121. The number of likely N-dealkylation sites (tertiary alicyclic amines) is 1. The Hall–Kier alpha value is -3.79. The van der Waals surface area contributed by atoms with Crippen LogP contribution in [0.1, 0.15) is 18.7 Å². The first kappa shape index (κ1) is 23.0. The average molecular weight is 481 g/mol. The fourth-order valence-corrected chi connectivity index (χ4v) is 4.38. The van der Waals surface area contributed by atoms with Crippen LogP contribution in [-0.2, 0) is 11.3 Å². The van der Waals surface area contributed by atoms with Gasteiger partial charge >= 0.3 is 0 Å². The molecule has 1 N–H and O–H groups in total. The zero-order valence-electron chi connectivity index (χ0n) is 19.8.